The molecule has 0 aliphatic heterocycles. The first-order chi connectivity index (χ1) is 7.54. The normalized spacial score (nSPS) is 12.7. The largest absolute Gasteiger partial charge is 0.394 e. The fraction of sp³-hybridized carbons (Fsp3) is 0.500. The van der Waals surface area contributed by atoms with Crippen LogP contribution in [0.4, 0.5) is 0 Å². The van der Waals surface area contributed by atoms with Crippen molar-refractivity contribution < 1.29 is 10.2 Å². The molecule has 1 heterocycles. The highest BCUT2D eigenvalue weighted by atomic mass is 127. The molecule has 0 radical (unpaired) electrons. The second-order valence-corrected chi connectivity index (χ2v) is 4.25. The molecule has 0 fully saturated rings. The molecule has 1 aromatic rings. The number of H-pyrrole nitrogens is 2. The standard InChI is InChI=1S/C8H12IN3O4/c9-6-5(2-10-1-4(14)3-13)11-8(16)12-7(6)15/h4,10,13-14H,1-3H2,(H2,11,12,15,16). The molecule has 8 heteroatoms. The van der Waals surface area contributed by atoms with Crippen molar-refractivity contribution in [2.45, 2.75) is 12.6 Å². The average Bonchev–Trinajstić information content (AvgIpc) is 2.24. The van der Waals surface area contributed by atoms with Gasteiger partial charge in [-0.1, -0.05) is 0 Å². The van der Waals surface area contributed by atoms with Crippen LogP contribution in [-0.4, -0.2) is 39.4 Å². The van der Waals surface area contributed by atoms with E-state index in [9.17, 15) is 9.59 Å². The second kappa shape index (κ2) is 6.13. The Labute approximate surface area is 104 Å². The summed E-state index contributed by atoms with van der Waals surface area (Å²) in [7, 11) is 0. The lowest BCUT2D eigenvalue weighted by Gasteiger charge is -2.09. The lowest BCUT2D eigenvalue weighted by molar-refractivity contribution is 0.0941. The van der Waals surface area contributed by atoms with Crippen LogP contribution in [0.15, 0.2) is 9.59 Å². The van der Waals surface area contributed by atoms with Gasteiger partial charge in [-0.05, 0) is 22.6 Å². The van der Waals surface area contributed by atoms with Gasteiger partial charge in [-0.3, -0.25) is 9.78 Å². The molecule has 1 unspecified atom stereocenters. The van der Waals surface area contributed by atoms with Gasteiger partial charge in [-0.25, -0.2) is 4.79 Å². The summed E-state index contributed by atoms with van der Waals surface area (Å²) in [5, 5.41) is 20.4. The number of rotatable bonds is 5. The highest BCUT2D eigenvalue weighted by molar-refractivity contribution is 14.1. The van der Waals surface area contributed by atoms with E-state index in [1.165, 1.54) is 0 Å². The minimum absolute atomic E-state index is 0.182. The van der Waals surface area contributed by atoms with Crippen molar-refractivity contribution in [3.8, 4) is 0 Å². The summed E-state index contributed by atoms with van der Waals surface area (Å²) in [5.74, 6) is 0. The first-order valence-electron chi connectivity index (χ1n) is 4.55. The van der Waals surface area contributed by atoms with Gasteiger partial charge >= 0.3 is 5.69 Å². The molecule has 0 aromatic carbocycles. The summed E-state index contributed by atoms with van der Waals surface area (Å²) in [5.41, 5.74) is -0.548. The molecule has 90 valence electrons. The van der Waals surface area contributed by atoms with Crippen molar-refractivity contribution in [2.75, 3.05) is 13.2 Å². The molecule has 1 rings (SSSR count). The quantitative estimate of drug-likeness (QED) is 0.402. The molecule has 7 nitrogen and oxygen atoms in total. The van der Waals surface area contributed by atoms with Gasteiger partial charge in [-0.2, -0.15) is 0 Å². The molecule has 1 atom stereocenters. The van der Waals surface area contributed by atoms with Crippen molar-refractivity contribution >= 4 is 22.6 Å². The molecule has 0 bridgehead atoms. The topological polar surface area (TPSA) is 118 Å². The van der Waals surface area contributed by atoms with Crippen molar-refractivity contribution in [1.29, 1.82) is 0 Å². The predicted molar refractivity (Wildman–Crippen MR) is 65.2 cm³/mol. The fourth-order valence-electron chi connectivity index (χ4n) is 1.07. The second-order valence-electron chi connectivity index (χ2n) is 3.17. The van der Waals surface area contributed by atoms with E-state index in [1.807, 2.05) is 22.6 Å². The van der Waals surface area contributed by atoms with Gasteiger partial charge in [0.2, 0.25) is 0 Å². The Morgan fingerprint density at radius 2 is 2.06 bits per heavy atom. The van der Waals surface area contributed by atoms with E-state index >= 15 is 0 Å². The zero-order valence-electron chi connectivity index (χ0n) is 8.29. The Bertz CT molecular complexity index is 455. The van der Waals surface area contributed by atoms with Crippen molar-refractivity contribution in [3.63, 3.8) is 0 Å². The number of aromatic nitrogens is 2. The van der Waals surface area contributed by atoms with Crippen LogP contribution in [0, 0.1) is 3.57 Å². The first-order valence-corrected chi connectivity index (χ1v) is 5.63. The van der Waals surface area contributed by atoms with E-state index in [1.54, 1.807) is 0 Å². The third-order valence-corrected chi connectivity index (χ3v) is 2.99. The minimum Gasteiger partial charge on any atom is -0.394 e. The molecule has 0 amide bonds. The maximum atomic E-state index is 11.2. The lowest BCUT2D eigenvalue weighted by atomic mass is 10.3. The molecule has 5 N–H and O–H groups in total. The Balaban J connectivity index is 2.67. The Morgan fingerprint density at radius 1 is 1.38 bits per heavy atom. The highest BCUT2D eigenvalue weighted by Crippen LogP contribution is 2.00. The summed E-state index contributed by atoms with van der Waals surface area (Å²) in [6, 6.07) is 0. The van der Waals surface area contributed by atoms with E-state index in [-0.39, 0.29) is 19.7 Å². The van der Waals surface area contributed by atoms with Crippen LogP contribution >= 0.6 is 22.6 Å². The number of hydrogen-bond acceptors (Lipinski definition) is 5. The van der Waals surface area contributed by atoms with Gasteiger partial charge in [0.1, 0.15) is 0 Å². The van der Waals surface area contributed by atoms with Crippen LogP contribution in [0.2, 0.25) is 0 Å². The van der Waals surface area contributed by atoms with Crippen LogP contribution in [0.1, 0.15) is 5.69 Å². The van der Waals surface area contributed by atoms with Gasteiger partial charge < -0.3 is 20.5 Å². The minimum atomic E-state index is -0.855. The maximum Gasteiger partial charge on any atom is 0.325 e. The third kappa shape index (κ3) is 3.70. The van der Waals surface area contributed by atoms with E-state index in [0.29, 0.717) is 9.26 Å². The van der Waals surface area contributed by atoms with E-state index in [2.05, 4.69) is 15.3 Å². The van der Waals surface area contributed by atoms with Crippen LogP contribution in [0.5, 0.6) is 0 Å². The van der Waals surface area contributed by atoms with E-state index in [4.69, 9.17) is 10.2 Å². The summed E-state index contributed by atoms with van der Waals surface area (Å²) in [6.07, 6.45) is -0.855. The molecule has 0 aliphatic carbocycles. The monoisotopic (exact) mass is 341 g/mol. The number of halogens is 1. The van der Waals surface area contributed by atoms with Crippen LogP contribution in [0.25, 0.3) is 0 Å². The number of aromatic amines is 2. The van der Waals surface area contributed by atoms with Crippen LogP contribution < -0.4 is 16.6 Å². The molecular weight excluding hydrogens is 329 g/mol. The number of aliphatic hydroxyl groups excluding tert-OH is 2. The van der Waals surface area contributed by atoms with Gasteiger partial charge in [0.05, 0.1) is 22.0 Å². The first kappa shape index (κ1) is 13.4. The Kier molecular flexibility index (Phi) is 5.12. The number of aliphatic hydroxyl groups is 2. The van der Waals surface area contributed by atoms with Crippen molar-refractivity contribution in [1.82, 2.24) is 15.3 Å². The Hall–Kier alpha value is -0.710. The van der Waals surface area contributed by atoms with Gasteiger partial charge in [0, 0.05) is 13.1 Å². The zero-order chi connectivity index (χ0) is 12.1. The molecule has 0 spiro atoms. The lowest BCUT2D eigenvalue weighted by Crippen LogP contribution is -2.32. The fourth-order valence-corrected chi connectivity index (χ4v) is 1.53. The molecule has 0 saturated heterocycles. The van der Waals surface area contributed by atoms with Crippen molar-refractivity contribution in [2.24, 2.45) is 0 Å². The summed E-state index contributed by atoms with van der Waals surface area (Å²) < 4.78 is 0.392. The van der Waals surface area contributed by atoms with Gasteiger partial charge in [0.15, 0.2) is 0 Å². The Morgan fingerprint density at radius 3 is 2.69 bits per heavy atom. The molecule has 16 heavy (non-hydrogen) atoms. The third-order valence-electron chi connectivity index (χ3n) is 1.85. The number of hydrogen-bond donors (Lipinski definition) is 5. The average molecular weight is 341 g/mol. The molecule has 0 saturated carbocycles. The summed E-state index contributed by atoms with van der Waals surface area (Å²) in [6.45, 7) is 0.0892. The van der Waals surface area contributed by atoms with Crippen LogP contribution in [-0.2, 0) is 6.54 Å². The van der Waals surface area contributed by atoms with Crippen molar-refractivity contribution in [3.05, 3.63) is 30.1 Å². The molecule has 0 aliphatic rings. The van der Waals surface area contributed by atoms with Crippen LogP contribution in [0.3, 0.4) is 0 Å². The summed E-state index contributed by atoms with van der Waals surface area (Å²) in [4.78, 5) is 26.8. The summed E-state index contributed by atoms with van der Waals surface area (Å²) >= 11 is 1.82. The zero-order valence-corrected chi connectivity index (χ0v) is 10.4. The van der Waals surface area contributed by atoms with Gasteiger partial charge in [-0.15, -0.1) is 0 Å². The van der Waals surface area contributed by atoms with Gasteiger partial charge in [0.25, 0.3) is 5.56 Å². The molecule has 1 aromatic heterocycles. The highest BCUT2D eigenvalue weighted by Gasteiger charge is 2.06. The smallest absolute Gasteiger partial charge is 0.325 e. The molecular formula is C8H12IN3O4. The number of nitrogens with one attached hydrogen (secondary N) is 3. The SMILES string of the molecule is O=c1[nH]c(CNCC(O)CO)c(I)c(=O)[nH]1. The van der Waals surface area contributed by atoms with E-state index in [0.717, 1.165) is 0 Å². The predicted octanol–water partition coefficient (Wildman–Crippen LogP) is -1.89. The maximum absolute atomic E-state index is 11.2. The van der Waals surface area contributed by atoms with E-state index < -0.39 is 17.4 Å².